The molecule has 3 aromatic heterocycles. The fourth-order valence-corrected chi connectivity index (χ4v) is 3.04. The van der Waals surface area contributed by atoms with E-state index in [9.17, 15) is 4.79 Å². The number of furan rings is 1. The Morgan fingerprint density at radius 3 is 2.83 bits per heavy atom. The zero-order chi connectivity index (χ0) is 16.8. The first-order chi connectivity index (χ1) is 11.5. The summed E-state index contributed by atoms with van der Waals surface area (Å²) in [6, 6.07) is 7.41. The lowest BCUT2D eigenvalue weighted by Gasteiger charge is -2.03. The number of hydrogen-bond donors (Lipinski definition) is 1. The van der Waals surface area contributed by atoms with Gasteiger partial charge in [0.1, 0.15) is 5.52 Å². The van der Waals surface area contributed by atoms with Crippen molar-refractivity contribution in [2.75, 3.05) is 5.32 Å². The number of fused-ring (bicyclic) bond motifs is 3. The van der Waals surface area contributed by atoms with Gasteiger partial charge in [0, 0.05) is 12.4 Å². The van der Waals surface area contributed by atoms with Gasteiger partial charge in [0.25, 0.3) is 11.9 Å². The molecular weight excluding hydrogens is 306 g/mol. The fraction of sp³-hybridized carbons (Fsp3) is 0.176. The summed E-state index contributed by atoms with van der Waals surface area (Å²) < 4.78 is 7.03. The van der Waals surface area contributed by atoms with Crippen LogP contribution >= 0.6 is 0 Å². The molecule has 7 heteroatoms. The predicted octanol–water partition coefficient (Wildman–Crippen LogP) is 2.98. The van der Waals surface area contributed by atoms with Crippen LogP contribution in [0.4, 0.5) is 5.95 Å². The Bertz CT molecular complexity index is 1080. The van der Waals surface area contributed by atoms with Crippen LogP contribution in [0, 0.1) is 13.8 Å². The lowest BCUT2D eigenvalue weighted by molar-refractivity contribution is 0.0995. The first-order valence-corrected chi connectivity index (χ1v) is 7.49. The smallest absolute Gasteiger partial charge is 0.293 e. The van der Waals surface area contributed by atoms with Gasteiger partial charge in [-0.15, -0.1) is 10.2 Å². The fourth-order valence-electron chi connectivity index (χ4n) is 3.04. The number of carbonyl (C=O) groups is 1. The van der Waals surface area contributed by atoms with Crippen molar-refractivity contribution >= 4 is 33.9 Å². The number of nitrogens with one attached hydrogen (secondary N) is 1. The summed E-state index contributed by atoms with van der Waals surface area (Å²) in [6.07, 6.45) is 1.44. The third kappa shape index (κ3) is 2.13. The molecule has 0 atom stereocenters. The van der Waals surface area contributed by atoms with Crippen LogP contribution in [0.2, 0.25) is 0 Å². The molecular formula is C17H15N5O2. The van der Waals surface area contributed by atoms with Gasteiger partial charge in [-0.3, -0.25) is 10.1 Å². The Balaban J connectivity index is 1.84. The highest BCUT2D eigenvalue weighted by molar-refractivity contribution is 6.06. The van der Waals surface area contributed by atoms with Crippen LogP contribution in [0.5, 0.6) is 0 Å². The number of rotatable bonds is 2. The van der Waals surface area contributed by atoms with Crippen LogP contribution in [0.15, 0.2) is 34.9 Å². The highest BCUT2D eigenvalue weighted by Crippen LogP contribution is 2.29. The van der Waals surface area contributed by atoms with E-state index in [2.05, 4.69) is 39.6 Å². The molecule has 1 amide bonds. The van der Waals surface area contributed by atoms with Crippen molar-refractivity contribution < 1.29 is 9.21 Å². The van der Waals surface area contributed by atoms with Gasteiger partial charge in [0.15, 0.2) is 11.4 Å². The normalized spacial score (nSPS) is 11.3. The zero-order valence-corrected chi connectivity index (χ0v) is 13.5. The second kappa shape index (κ2) is 5.16. The topological polar surface area (TPSA) is 85.8 Å². The van der Waals surface area contributed by atoms with Crippen molar-refractivity contribution in [3.8, 4) is 0 Å². The first-order valence-electron chi connectivity index (χ1n) is 7.49. The highest BCUT2D eigenvalue weighted by Gasteiger charge is 2.16. The molecule has 1 aromatic carbocycles. The molecule has 0 bridgehead atoms. The molecule has 120 valence electrons. The van der Waals surface area contributed by atoms with E-state index < -0.39 is 5.91 Å². The molecule has 24 heavy (non-hydrogen) atoms. The van der Waals surface area contributed by atoms with Crippen LogP contribution < -0.4 is 5.32 Å². The van der Waals surface area contributed by atoms with Crippen LogP contribution in [-0.4, -0.2) is 25.7 Å². The number of amides is 1. The van der Waals surface area contributed by atoms with E-state index in [4.69, 9.17) is 4.42 Å². The van der Waals surface area contributed by atoms with E-state index in [0.29, 0.717) is 5.65 Å². The Morgan fingerprint density at radius 1 is 1.25 bits per heavy atom. The van der Waals surface area contributed by atoms with Crippen molar-refractivity contribution in [1.82, 2.24) is 19.7 Å². The summed E-state index contributed by atoms with van der Waals surface area (Å²) in [7, 11) is 1.93. The summed E-state index contributed by atoms with van der Waals surface area (Å²) in [6.45, 7) is 4.10. The van der Waals surface area contributed by atoms with E-state index in [0.717, 1.165) is 27.5 Å². The van der Waals surface area contributed by atoms with E-state index in [1.54, 1.807) is 12.1 Å². The van der Waals surface area contributed by atoms with Gasteiger partial charge in [-0.25, -0.2) is 0 Å². The highest BCUT2D eigenvalue weighted by atomic mass is 16.3. The Kier molecular flexibility index (Phi) is 3.09. The molecule has 3 heterocycles. The maximum atomic E-state index is 12.0. The molecule has 0 unspecified atom stereocenters. The quantitative estimate of drug-likeness (QED) is 0.613. The Labute approximate surface area is 137 Å². The number of hydrogen-bond acceptors (Lipinski definition) is 5. The molecule has 0 radical (unpaired) electrons. The maximum Gasteiger partial charge on any atom is 0.293 e. The van der Waals surface area contributed by atoms with Crippen molar-refractivity contribution in [2.24, 2.45) is 7.05 Å². The second-order valence-corrected chi connectivity index (χ2v) is 5.78. The van der Waals surface area contributed by atoms with Crippen LogP contribution in [0.3, 0.4) is 0 Å². The van der Waals surface area contributed by atoms with Gasteiger partial charge in [-0.1, -0.05) is 11.6 Å². The third-order valence-electron chi connectivity index (χ3n) is 3.99. The summed E-state index contributed by atoms with van der Waals surface area (Å²) in [5, 5.41) is 11.9. The summed E-state index contributed by atoms with van der Waals surface area (Å²) in [5.74, 6) is -0.0710. The Morgan fingerprint density at radius 2 is 2.08 bits per heavy atom. The molecule has 1 N–H and O–H groups in total. The van der Waals surface area contributed by atoms with Gasteiger partial charge >= 0.3 is 0 Å². The summed E-state index contributed by atoms with van der Waals surface area (Å²) >= 11 is 0. The van der Waals surface area contributed by atoms with Gasteiger partial charge in [0.05, 0.1) is 11.8 Å². The standard InChI is InChI=1S/C17H15N5O2/c1-9-7-10(2)14-11(8-9)13-15(22(14)3)18-17(21-20-13)19-16(23)12-5-4-6-24-12/h4-8H,1-3H3,(H,18,19,21,23). The largest absolute Gasteiger partial charge is 0.459 e. The molecule has 0 aliphatic carbocycles. The number of nitrogens with zero attached hydrogens (tertiary/aromatic N) is 4. The minimum Gasteiger partial charge on any atom is -0.459 e. The number of aromatic nitrogens is 4. The monoisotopic (exact) mass is 321 g/mol. The zero-order valence-electron chi connectivity index (χ0n) is 13.5. The van der Waals surface area contributed by atoms with Crippen LogP contribution in [-0.2, 0) is 7.05 Å². The number of benzene rings is 1. The van der Waals surface area contributed by atoms with Crippen molar-refractivity contribution in [2.45, 2.75) is 13.8 Å². The maximum absolute atomic E-state index is 12.0. The minimum atomic E-state index is -0.410. The van der Waals surface area contributed by atoms with Gasteiger partial charge < -0.3 is 8.98 Å². The number of anilines is 1. The lowest BCUT2D eigenvalue weighted by atomic mass is 10.1. The molecule has 7 nitrogen and oxygen atoms in total. The van der Waals surface area contributed by atoms with Crippen molar-refractivity contribution in [3.05, 3.63) is 47.4 Å². The molecule has 4 rings (SSSR count). The Hall–Kier alpha value is -3.22. The average Bonchev–Trinajstić information content (AvgIpc) is 3.15. The predicted molar refractivity (Wildman–Crippen MR) is 89.9 cm³/mol. The molecule has 0 aliphatic heterocycles. The molecule has 0 spiro atoms. The van der Waals surface area contributed by atoms with Gasteiger partial charge in [0.2, 0.25) is 0 Å². The SMILES string of the molecule is Cc1cc(C)c2c(c1)c1nnc(NC(=O)c3ccco3)nc1n2C. The van der Waals surface area contributed by atoms with Gasteiger partial charge in [-0.05, 0) is 37.6 Å². The van der Waals surface area contributed by atoms with Crippen LogP contribution in [0.1, 0.15) is 21.7 Å². The number of carbonyl (C=O) groups excluding carboxylic acids is 1. The van der Waals surface area contributed by atoms with E-state index in [1.807, 2.05) is 18.5 Å². The molecule has 4 aromatic rings. The minimum absolute atomic E-state index is 0.143. The molecule has 0 saturated carbocycles. The molecule has 0 saturated heterocycles. The van der Waals surface area contributed by atoms with Crippen molar-refractivity contribution in [1.29, 1.82) is 0 Å². The molecule has 0 fully saturated rings. The van der Waals surface area contributed by atoms with E-state index in [1.165, 1.54) is 6.26 Å². The summed E-state index contributed by atoms with van der Waals surface area (Å²) in [4.78, 5) is 16.5. The summed E-state index contributed by atoms with van der Waals surface area (Å²) in [5.41, 5.74) is 4.75. The number of aryl methyl sites for hydroxylation is 3. The average molecular weight is 321 g/mol. The van der Waals surface area contributed by atoms with E-state index in [-0.39, 0.29) is 11.7 Å². The van der Waals surface area contributed by atoms with Crippen molar-refractivity contribution in [3.63, 3.8) is 0 Å². The van der Waals surface area contributed by atoms with Gasteiger partial charge in [-0.2, -0.15) is 4.98 Å². The first kappa shape index (κ1) is 14.4. The van der Waals surface area contributed by atoms with Crippen LogP contribution in [0.25, 0.3) is 22.1 Å². The lowest BCUT2D eigenvalue weighted by Crippen LogP contribution is -2.14. The second-order valence-electron chi connectivity index (χ2n) is 5.78. The third-order valence-corrected chi connectivity index (χ3v) is 3.99. The molecule has 0 aliphatic rings. The van der Waals surface area contributed by atoms with E-state index >= 15 is 0 Å².